The van der Waals surface area contributed by atoms with Crippen LogP contribution in [-0.2, 0) is 10.8 Å². The first-order valence-electron chi connectivity index (χ1n) is 12.7. The Morgan fingerprint density at radius 3 is 2.55 bits per heavy atom. The van der Waals surface area contributed by atoms with Crippen LogP contribution in [0.4, 0.5) is 4.39 Å². The van der Waals surface area contributed by atoms with Gasteiger partial charge in [0.1, 0.15) is 0 Å². The Labute approximate surface area is 203 Å². The molecule has 0 amide bonds. The predicted octanol–water partition coefficient (Wildman–Crippen LogP) is 6.39. The van der Waals surface area contributed by atoms with Crippen LogP contribution in [0.3, 0.4) is 0 Å². The van der Waals surface area contributed by atoms with Crippen LogP contribution in [0.5, 0.6) is 0 Å². The summed E-state index contributed by atoms with van der Waals surface area (Å²) in [6, 6.07) is 0. The molecule has 2 N–H and O–H groups in total. The number of hydrogen-bond donors (Lipinski definition) is 2. The normalized spacial score (nSPS) is 39.4. The van der Waals surface area contributed by atoms with Gasteiger partial charge in [-0.05, 0) is 107 Å². The van der Waals surface area contributed by atoms with Crippen molar-refractivity contribution < 1.29 is 18.8 Å². The standard InChI is InChI=1S/C28H45FO3S/c1-18(17-28(7,29)33(32)26(3,4)5)23-12-13-24-20(9-8-14-27(23,24)6)10-11-21-15-22(30)16-25(31)19(21)2/h10-11,18,22-25,30-31H,2,8-9,12-17H2,1,3-7H3/b20-10+,21-11-/t18-,22+,23-,24+,25-,27-,28?,33?/m1/s1. The van der Waals surface area contributed by atoms with Crippen molar-refractivity contribution in [2.45, 2.75) is 115 Å². The van der Waals surface area contributed by atoms with Gasteiger partial charge in [0, 0.05) is 11.2 Å². The van der Waals surface area contributed by atoms with Crippen LogP contribution in [0, 0.1) is 23.2 Å². The molecule has 3 saturated carbocycles. The molecule has 0 radical (unpaired) electrons. The second-order valence-electron chi connectivity index (χ2n) is 12.3. The van der Waals surface area contributed by atoms with Crippen molar-refractivity contribution in [2.24, 2.45) is 23.2 Å². The van der Waals surface area contributed by atoms with Crippen molar-refractivity contribution in [1.29, 1.82) is 0 Å². The van der Waals surface area contributed by atoms with Gasteiger partial charge in [-0.25, -0.2) is 4.39 Å². The van der Waals surface area contributed by atoms with Gasteiger partial charge in [-0.15, -0.1) is 0 Å². The fraction of sp³-hybridized carbons (Fsp3) is 0.786. The molecule has 0 heterocycles. The number of allylic oxidation sites excluding steroid dienone is 3. The Balaban J connectivity index is 1.78. The Morgan fingerprint density at radius 1 is 1.24 bits per heavy atom. The zero-order chi connectivity index (χ0) is 24.8. The van der Waals surface area contributed by atoms with E-state index in [0.717, 1.165) is 43.3 Å². The van der Waals surface area contributed by atoms with Gasteiger partial charge in [0.2, 0.25) is 0 Å². The summed E-state index contributed by atoms with van der Waals surface area (Å²) < 4.78 is 27.8. The highest BCUT2D eigenvalue weighted by Crippen LogP contribution is 2.60. The molecule has 2 unspecified atom stereocenters. The van der Waals surface area contributed by atoms with Gasteiger partial charge in [-0.3, -0.25) is 4.21 Å². The Kier molecular flexibility index (Phi) is 7.88. The first-order chi connectivity index (χ1) is 15.2. The van der Waals surface area contributed by atoms with E-state index in [0.29, 0.717) is 31.1 Å². The van der Waals surface area contributed by atoms with E-state index in [1.807, 2.05) is 20.8 Å². The fourth-order valence-corrected chi connectivity index (χ4v) is 8.80. The first-order valence-corrected chi connectivity index (χ1v) is 13.9. The SMILES string of the molecule is C=C1/C(=C\C=C2/CCC[C@]3(C)[C@@H]([C@H](C)CC(C)(F)S(=O)C(C)(C)C)CC[C@@H]23)C[C@H](O)C[C@H]1O. The van der Waals surface area contributed by atoms with E-state index in [1.54, 1.807) is 0 Å². The Bertz CT molecular complexity index is 837. The molecule has 3 rings (SSSR count). The van der Waals surface area contributed by atoms with Crippen LogP contribution in [0.1, 0.15) is 92.9 Å². The zero-order valence-corrected chi connectivity index (χ0v) is 22.3. The number of halogens is 1. The molecule has 5 heteroatoms. The number of aliphatic hydroxyl groups excluding tert-OH is 2. The van der Waals surface area contributed by atoms with Gasteiger partial charge in [0.25, 0.3) is 0 Å². The average molecular weight is 481 g/mol. The summed E-state index contributed by atoms with van der Waals surface area (Å²) in [4.78, 5) is 0. The summed E-state index contributed by atoms with van der Waals surface area (Å²) in [5.41, 5.74) is 3.24. The number of aliphatic hydroxyl groups is 2. The van der Waals surface area contributed by atoms with Crippen molar-refractivity contribution in [3.05, 3.63) is 35.5 Å². The summed E-state index contributed by atoms with van der Waals surface area (Å²) >= 11 is 0. The van der Waals surface area contributed by atoms with E-state index >= 15 is 4.39 Å². The molecular formula is C28H45FO3S. The predicted molar refractivity (Wildman–Crippen MR) is 136 cm³/mol. The lowest BCUT2D eigenvalue weighted by Gasteiger charge is -2.45. The smallest absolute Gasteiger partial charge is 0.182 e. The number of fused-ring (bicyclic) bond motifs is 1. The quantitative estimate of drug-likeness (QED) is 0.479. The molecule has 3 nitrogen and oxygen atoms in total. The monoisotopic (exact) mass is 480 g/mol. The summed E-state index contributed by atoms with van der Waals surface area (Å²) in [7, 11) is -1.55. The first kappa shape index (κ1) is 26.8. The van der Waals surface area contributed by atoms with Crippen molar-refractivity contribution in [3.63, 3.8) is 0 Å². The molecule has 3 aliphatic rings. The molecule has 33 heavy (non-hydrogen) atoms. The summed E-state index contributed by atoms with van der Waals surface area (Å²) in [6.07, 6.45) is 9.87. The number of hydrogen-bond acceptors (Lipinski definition) is 3. The molecule has 0 aromatic carbocycles. The topological polar surface area (TPSA) is 57.5 Å². The number of rotatable bonds is 5. The summed E-state index contributed by atoms with van der Waals surface area (Å²) in [5.74, 6) is 1.06. The average Bonchev–Trinajstić information content (AvgIpc) is 3.05. The molecule has 3 aliphatic carbocycles. The van der Waals surface area contributed by atoms with Gasteiger partial charge < -0.3 is 10.2 Å². The molecule has 3 fully saturated rings. The summed E-state index contributed by atoms with van der Waals surface area (Å²) in [5, 5.41) is 18.5. The van der Waals surface area contributed by atoms with E-state index < -0.39 is 32.8 Å². The lowest BCUT2D eigenvalue weighted by molar-refractivity contribution is 0.0790. The minimum atomic E-state index is -1.69. The van der Waals surface area contributed by atoms with Gasteiger partial charge >= 0.3 is 0 Å². The molecule has 0 aromatic rings. The molecule has 0 bridgehead atoms. The molecular weight excluding hydrogens is 435 g/mol. The zero-order valence-electron chi connectivity index (χ0n) is 21.5. The molecule has 8 atom stereocenters. The molecule has 0 aliphatic heterocycles. The van der Waals surface area contributed by atoms with Crippen molar-refractivity contribution in [3.8, 4) is 0 Å². The highest BCUT2D eigenvalue weighted by molar-refractivity contribution is 7.87. The van der Waals surface area contributed by atoms with E-state index in [9.17, 15) is 14.4 Å². The minimum Gasteiger partial charge on any atom is -0.393 e. The van der Waals surface area contributed by atoms with Crippen LogP contribution in [-0.4, -0.2) is 36.4 Å². The van der Waals surface area contributed by atoms with Crippen molar-refractivity contribution in [2.75, 3.05) is 0 Å². The van der Waals surface area contributed by atoms with Crippen LogP contribution >= 0.6 is 0 Å². The molecule has 0 spiro atoms. The van der Waals surface area contributed by atoms with Crippen LogP contribution < -0.4 is 0 Å². The highest BCUT2D eigenvalue weighted by atomic mass is 32.2. The maximum atomic E-state index is 15.6. The number of alkyl halides is 1. The molecule has 0 aromatic heterocycles. The second-order valence-corrected chi connectivity index (χ2v) is 14.9. The van der Waals surface area contributed by atoms with E-state index in [2.05, 4.69) is 32.6 Å². The third-order valence-electron chi connectivity index (χ3n) is 8.62. The van der Waals surface area contributed by atoms with Crippen LogP contribution in [0.25, 0.3) is 0 Å². The van der Waals surface area contributed by atoms with E-state index in [-0.39, 0.29) is 11.3 Å². The van der Waals surface area contributed by atoms with Gasteiger partial charge in [-0.1, -0.05) is 38.2 Å². The second kappa shape index (κ2) is 9.70. The fourth-order valence-electron chi connectivity index (χ4n) is 7.11. The van der Waals surface area contributed by atoms with E-state index in [4.69, 9.17) is 0 Å². The lowest BCUT2D eigenvalue weighted by atomic mass is 9.60. The third kappa shape index (κ3) is 5.56. The third-order valence-corrected chi connectivity index (χ3v) is 10.7. The van der Waals surface area contributed by atoms with Gasteiger partial charge in [0.05, 0.1) is 23.0 Å². The Morgan fingerprint density at radius 2 is 1.91 bits per heavy atom. The minimum absolute atomic E-state index is 0.129. The maximum Gasteiger partial charge on any atom is 0.182 e. The van der Waals surface area contributed by atoms with Crippen molar-refractivity contribution in [1.82, 2.24) is 0 Å². The van der Waals surface area contributed by atoms with Crippen molar-refractivity contribution >= 4 is 10.8 Å². The van der Waals surface area contributed by atoms with Crippen LogP contribution in [0.15, 0.2) is 35.5 Å². The largest absolute Gasteiger partial charge is 0.393 e. The molecule has 188 valence electrons. The lowest BCUT2D eigenvalue weighted by Crippen LogP contribution is -2.42. The molecule has 0 saturated heterocycles. The van der Waals surface area contributed by atoms with Crippen LogP contribution in [0.2, 0.25) is 0 Å². The highest BCUT2D eigenvalue weighted by Gasteiger charge is 2.52. The van der Waals surface area contributed by atoms with Gasteiger partial charge in [0.15, 0.2) is 5.00 Å². The Hall–Kier alpha value is -0.780. The summed E-state index contributed by atoms with van der Waals surface area (Å²) in [6.45, 7) is 15.7. The maximum absolute atomic E-state index is 15.6. The van der Waals surface area contributed by atoms with Gasteiger partial charge in [-0.2, -0.15) is 0 Å². The van der Waals surface area contributed by atoms with E-state index in [1.165, 1.54) is 12.5 Å².